The monoisotopic (exact) mass is 1190 g/mol. The number of aromatic hydroxyl groups is 1. The van der Waals surface area contributed by atoms with Gasteiger partial charge in [-0.3, -0.25) is 24.5 Å². The summed E-state index contributed by atoms with van der Waals surface area (Å²) < 4.78 is 39.5. The Morgan fingerprint density at radius 3 is 2.23 bits per heavy atom. The van der Waals surface area contributed by atoms with Crippen LogP contribution in [-0.2, 0) is 38.1 Å². The number of anilines is 2. The Hall–Kier alpha value is -7.38. The Bertz CT molecular complexity index is 3340. The smallest absolute Gasteiger partial charge is 0.324 e. The number of phenolic OH excluding ortho intramolecular Hbond substituents is 1. The normalized spacial score (nSPS) is 16.2. The molecule has 2 aliphatic rings. The summed E-state index contributed by atoms with van der Waals surface area (Å²) in [6.07, 6.45) is 0.402. The number of likely N-dealkylation sites (tertiary alicyclic amines) is 1. The highest BCUT2D eigenvalue weighted by atomic mass is 35.5. The molecular formula is C60H72ClFN10O11S. The van der Waals surface area contributed by atoms with Crippen molar-refractivity contribution in [1.29, 1.82) is 0 Å². The van der Waals surface area contributed by atoms with Gasteiger partial charge in [-0.05, 0) is 71.0 Å². The van der Waals surface area contributed by atoms with Gasteiger partial charge in [0, 0.05) is 63.7 Å². The molecule has 0 unspecified atom stereocenters. The zero-order chi connectivity index (χ0) is 60.2. The van der Waals surface area contributed by atoms with E-state index in [0.29, 0.717) is 53.7 Å². The number of phenols is 1. The number of hydrogen-bond acceptors (Lipinski definition) is 16. The van der Waals surface area contributed by atoms with Crippen LogP contribution in [0.5, 0.6) is 5.75 Å². The van der Waals surface area contributed by atoms with Crippen LogP contribution in [-0.4, -0.2) is 187 Å². The molecule has 2 aromatic heterocycles. The standard InChI is InChI=1S/C60H72ClFN10O11S/c1-8-49(76)70-17-19-71(20-18-70)55-45-32-46(61)50(44-30-41(73)29-40-11-9-10-12-43(40)44)51(62)52(45)66-58(67-55)68-59(79)69(7)21-22-80-23-24-81-25-26-82-27-28-83-34-48(75)65-54(60(4,5)6)57(78)72-33-42(74)31-47(72)56(77)64-36(2)38-13-15-39(16-14-38)53-37(3)63-35-84-53/h8-16,29-30,32,35-36,42,47,54,73-74H,1,17-28,31,33-34H2,2-7H3,(H,64,77)(H,65,75)(H,66,67,68,79)/t36-,42+,47-,54+/m0/s1. The first-order valence-electron chi connectivity index (χ1n) is 27.7. The van der Waals surface area contributed by atoms with Crippen LogP contribution in [0.15, 0.2) is 84.9 Å². The molecule has 4 heterocycles. The summed E-state index contributed by atoms with van der Waals surface area (Å²) in [5, 5.41) is 31.4. The lowest BCUT2D eigenvalue weighted by Gasteiger charge is -2.35. The van der Waals surface area contributed by atoms with Crippen molar-refractivity contribution in [1.82, 2.24) is 40.3 Å². The van der Waals surface area contributed by atoms with E-state index < -0.39 is 53.2 Å². The summed E-state index contributed by atoms with van der Waals surface area (Å²) in [4.78, 5) is 87.5. The molecule has 2 saturated heterocycles. The van der Waals surface area contributed by atoms with Gasteiger partial charge in [0.2, 0.25) is 29.6 Å². The van der Waals surface area contributed by atoms with Crippen molar-refractivity contribution < 1.29 is 57.5 Å². The highest BCUT2D eigenvalue weighted by Gasteiger charge is 2.45. The van der Waals surface area contributed by atoms with Gasteiger partial charge in [0.05, 0.1) is 79.5 Å². The molecule has 84 heavy (non-hydrogen) atoms. The summed E-state index contributed by atoms with van der Waals surface area (Å²) in [7, 11) is 1.56. The second-order valence-electron chi connectivity index (χ2n) is 21.7. The maximum Gasteiger partial charge on any atom is 0.324 e. The van der Waals surface area contributed by atoms with E-state index in [1.165, 1.54) is 21.9 Å². The summed E-state index contributed by atoms with van der Waals surface area (Å²) >= 11 is 8.43. The molecule has 6 amide bonds. The number of aryl methyl sites for hydroxylation is 1. The lowest BCUT2D eigenvalue weighted by molar-refractivity contribution is -0.144. The fourth-order valence-corrected chi connectivity index (χ4v) is 11.1. The number of carbonyl (C=O) groups excluding carboxylic acids is 5. The van der Waals surface area contributed by atoms with E-state index in [2.05, 4.69) is 37.5 Å². The number of amides is 6. The van der Waals surface area contributed by atoms with E-state index in [9.17, 15) is 34.2 Å². The average molecular weight is 1200 g/mol. The molecule has 21 nitrogen and oxygen atoms in total. The Kier molecular flexibility index (Phi) is 21.2. The van der Waals surface area contributed by atoms with Gasteiger partial charge in [0.15, 0.2) is 5.82 Å². The number of piperazine rings is 1. The molecule has 5 N–H and O–H groups in total. The molecule has 2 fully saturated rings. The van der Waals surface area contributed by atoms with Crippen molar-refractivity contribution >= 4 is 86.0 Å². The quantitative estimate of drug-likeness (QED) is 0.0299. The van der Waals surface area contributed by atoms with Crippen LogP contribution in [0.3, 0.4) is 0 Å². The molecule has 0 spiro atoms. The average Bonchev–Trinajstić information content (AvgIpc) is 2.52. The number of nitrogens with zero attached hydrogens (tertiary/aromatic N) is 7. The van der Waals surface area contributed by atoms with Crippen LogP contribution in [0.2, 0.25) is 5.02 Å². The minimum absolute atomic E-state index is 0.0191. The number of aromatic nitrogens is 3. The third-order valence-electron chi connectivity index (χ3n) is 14.6. The zero-order valence-electron chi connectivity index (χ0n) is 48.0. The van der Waals surface area contributed by atoms with Crippen LogP contribution in [0.25, 0.3) is 43.2 Å². The SMILES string of the molecule is C=CC(=O)N1CCN(c2nc(NC(=O)N(C)CCOCCOCCOCCOCC(=O)N[C@H](C(=O)N3C[C@H](O)C[C@H]3C(=O)N[C@@H](C)c3ccc(-c4scnc4C)cc3)C(C)(C)C)nc3c(F)c(-c4cc(O)cc5ccccc45)c(Cl)cc23)CC1. The van der Waals surface area contributed by atoms with Gasteiger partial charge >= 0.3 is 6.03 Å². The summed E-state index contributed by atoms with van der Waals surface area (Å²) in [5.74, 6) is -2.32. The second kappa shape index (κ2) is 28.5. The number of rotatable bonds is 24. The van der Waals surface area contributed by atoms with Crippen molar-refractivity contribution in [3.8, 4) is 27.3 Å². The number of β-amino-alcohol motifs (C(OH)–C–C–N with tert-alkyl or cyclic N) is 1. The third kappa shape index (κ3) is 15.5. The van der Waals surface area contributed by atoms with Crippen LogP contribution in [0.4, 0.5) is 21.0 Å². The molecule has 0 radical (unpaired) electrons. The molecule has 4 aromatic carbocycles. The van der Waals surface area contributed by atoms with Gasteiger partial charge in [0.1, 0.15) is 35.8 Å². The number of urea groups is 1. The van der Waals surface area contributed by atoms with Crippen LogP contribution >= 0.6 is 22.9 Å². The van der Waals surface area contributed by atoms with Crippen LogP contribution < -0.4 is 20.9 Å². The highest BCUT2D eigenvalue weighted by molar-refractivity contribution is 7.13. The zero-order valence-corrected chi connectivity index (χ0v) is 49.6. The molecule has 6 aromatic rings. The number of likely N-dealkylation sites (N-methyl/N-ethyl adjacent to an activating group) is 1. The number of fused-ring (bicyclic) bond motifs is 2. The number of thiazole rings is 1. The Labute approximate surface area is 496 Å². The molecule has 0 aliphatic carbocycles. The minimum atomic E-state index is -1.01. The topological polar surface area (TPSA) is 250 Å². The molecule has 448 valence electrons. The maximum absolute atomic E-state index is 17.0. The number of nitrogens with one attached hydrogen (secondary N) is 3. The van der Waals surface area contributed by atoms with E-state index in [1.54, 1.807) is 59.1 Å². The number of benzene rings is 4. The maximum atomic E-state index is 17.0. The molecule has 2 aliphatic heterocycles. The van der Waals surface area contributed by atoms with Gasteiger partial charge < -0.3 is 59.4 Å². The van der Waals surface area contributed by atoms with Crippen LogP contribution in [0.1, 0.15) is 51.4 Å². The molecular weight excluding hydrogens is 1120 g/mol. The Morgan fingerprint density at radius 1 is 0.905 bits per heavy atom. The summed E-state index contributed by atoms with van der Waals surface area (Å²) in [5.41, 5.74) is 4.18. The third-order valence-corrected chi connectivity index (χ3v) is 15.9. The van der Waals surface area contributed by atoms with E-state index in [4.69, 9.17) is 30.5 Å². The largest absolute Gasteiger partial charge is 0.508 e. The number of carbonyl (C=O) groups is 5. The minimum Gasteiger partial charge on any atom is -0.508 e. The number of aliphatic hydroxyl groups is 1. The molecule has 0 bridgehead atoms. The Morgan fingerprint density at radius 2 is 1.57 bits per heavy atom. The van der Waals surface area contributed by atoms with Gasteiger partial charge in [-0.15, -0.1) is 11.3 Å². The predicted octanol–water partition coefficient (Wildman–Crippen LogP) is 7.11. The predicted molar refractivity (Wildman–Crippen MR) is 319 cm³/mol. The van der Waals surface area contributed by atoms with E-state index >= 15 is 4.39 Å². The van der Waals surface area contributed by atoms with Crippen molar-refractivity contribution in [2.75, 3.05) is 109 Å². The number of aliphatic hydroxyl groups excluding tert-OH is 1. The lowest BCUT2D eigenvalue weighted by Crippen LogP contribution is -2.58. The van der Waals surface area contributed by atoms with E-state index in [1.807, 2.05) is 69.9 Å². The lowest BCUT2D eigenvalue weighted by atomic mass is 9.85. The fourth-order valence-electron chi connectivity index (χ4n) is 10.0. The van der Waals surface area contributed by atoms with E-state index in [-0.39, 0.29) is 112 Å². The molecule has 24 heteroatoms. The van der Waals surface area contributed by atoms with E-state index in [0.717, 1.165) is 21.7 Å². The summed E-state index contributed by atoms with van der Waals surface area (Å²) in [6.45, 7) is 15.4. The van der Waals surface area contributed by atoms with Gasteiger partial charge in [-0.1, -0.05) is 87.5 Å². The first kappa shape index (κ1) is 62.7. The number of hydrogen-bond donors (Lipinski definition) is 5. The molecule has 0 saturated carbocycles. The van der Waals surface area contributed by atoms with Crippen LogP contribution in [0, 0.1) is 18.2 Å². The molecule has 8 rings (SSSR count). The first-order valence-corrected chi connectivity index (χ1v) is 29.0. The summed E-state index contributed by atoms with van der Waals surface area (Å²) in [6, 6.07) is 16.8. The van der Waals surface area contributed by atoms with Crippen molar-refractivity contribution in [2.24, 2.45) is 5.41 Å². The van der Waals surface area contributed by atoms with Gasteiger partial charge in [-0.2, -0.15) is 4.98 Å². The fraction of sp³-hybridized carbons (Fsp3) is 0.433. The Balaban J connectivity index is 0.740. The first-order chi connectivity index (χ1) is 40.2. The van der Waals surface area contributed by atoms with Gasteiger partial charge in [-0.25, -0.2) is 19.2 Å². The van der Waals surface area contributed by atoms with Crippen molar-refractivity contribution in [3.05, 3.63) is 107 Å². The van der Waals surface area contributed by atoms with Gasteiger partial charge in [0.25, 0.3) is 0 Å². The number of ether oxygens (including phenoxy) is 4. The highest BCUT2D eigenvalue weighted by Crippen LogP contribution is 2.42. The second-order valence-corrected chi connectivity index (χ2v) is 22.9. The van der Waals surface area contributed by atoms with Crippen molar-refractivity contribution in [3.63, 3.8) is 0 Å². The molecule has 4 atom stereocenters. The number of halogens is 2. The van der Waals surface area contributed by atoms with Crippen molar-refractivity contribution in [2.45, 2.75) is 65.3 Å².